The molecule has 1 saturated heterocycles. The summed E-state index contributed by atoms with van der Waals surface area (Å²) in [5.41, 5.74) is 0. The minimum absolute atomic E-state index is 0.377. The lowest BCUT2D eigenvalue weighted by Gasteiger charge is -2.38. The molecular formula is C13H25N5. The first-order chi connectivity index (χ1) is 8.61. The van der Waals surface area contributed by atoms with E-state index in [0.29, 0.717) is 18.1 Å². The zero-order valence-corrected chi connectivity index (χ0v) is 11.9. The van der Waals surface area contributed by atoms with E-state index in [1.54, 1.807) is 6.33 Å². The first kappa shape index (κ1) is 13.5. The van der Waals surface area contributed by atoms with Crippen LogP contribution in [0.4, 0.5) is 0 Å². The van der Waals surface area contributed by atoms with Gasteiger partial charge in [0.05, 0.1) is 6.54 Å². The quantitative estimate of drug-likeness (QED) is 0.879. The Hall–Kier alpha value is -0.940. The Balaban J connectivity index is 2.05. The average molecular weight is 251 g/mol. The fourth-order valence-corrected chi connectivity index (χ4v) is 2.49. The van der Waals surface area contributed by atoms with E-state index in [9.17, 15) is 0 Å². The molecule has 2 heterocycles. The van der Waals surface area contributed by atoms with Crippen molar-refractivity contribution in [2.24, 2.45) is 0 Å². The van der Waals surface area contributed by atoms with Crippen LogP contribution in [0.1, 0.15) is 46.0 Å². The number of nitrogens with one attached hydrogen (secondary N) is 1. The standard InChI is InChI=1S/C13H25N5/c1-5-12-7-17(11(4)6-14-12)8-13-15-9-16-18(13)10(2)3/h9-12,14H,5-8H2,1-4H3. The van der Waals surface area contributed by atoms with Gasteiger partial charge in [0.1, 0.15) is 12.2 Å². The summed E-state index contributed by atoms with van der Waals surface area (Å²) < 4.78 is 2.02. The van der Waals surface area contributed by atoms with Crippen LogP contribution in [0.15, 0.2) is 6.33 Å². The molecule has 0 amide bonds. The summed E-state index contributed by atoms with van der Waals surface area (Å²) in [6.07, 6.45) is 2.85. The predicted molar refractivity (Wildman–Crippen MR) is 72.4 cm³/mol. The SMILES string of the molecule is CCC1CN(Cc2ncnn2C(C)C)C(C)CN1. The lowest BCUT2D eigenvalue weighted by Crippen LogP contribution is -2.54. The summed E-state index contributed by atoms with van der Waals surface area (Å²) in [5, 5.41) is 7.89. The fraction of sp³-hybridized carbons (Fsp3) is 0.846. The van der Waals surface area contributed by atoms with Gasteiger partial charge in [-0.2, -0.15) is 5.10 Å². The molecule has 2 atom stereocenters. The minimum Gasteiger partial charge on any atom is -0.311 e. The van der Waals surface area contributed by atoms with Gasteiger partial charge < -0.3 is 5.32 Å². The Labute approximate surface area is 110 Å². The molecular weight excluding hydrogens is 226 g/mol. The van der Waals surface area contributed by atoms with E-state index in [1.165, 1.54) is 6.42 Å². The molecule has 0 bridgehead atoms. The number of aromatic nitrogens is 3. The second kappa shape index (κ2) is 5.80. The lowest BCUT2D eigenvalue weighted by atomic mass is 10.1. The Morgan fingerprint density at radius 1 is 1.50 bits per heavy atom. The molecule has 1 N–H and O–H groups in total. The van der Waals surface area contributed by atoms with Gasteiger partial charge in [-0.05, 0) is 27.2 Å². The van der Waals surface area contributed by atoms with Gasteiger partial charge in [-0.25, -0.2) is 9.67 Å². The maximum atomic E-state index is 4.41. The lowest BCUT2D eigenvalue weighted by molar-refractivity contribution is 0.126. The van der Waals surface area contributed by atoms with Crippen molar-refractivity contribution in [2.45, 2.75) is 58.8 Å². The zero-order chi connectivity index (χ0) is 13.1. The zero-order valence-electron chi connectivity index (χ0n) is 11.9. The van der Waals surface area contributed by atoms with Crippen LogP contribution in [0.3, 0.4) is 0 Å². The van der Waals surface area contributed by atoms with E-state index in [-0.39, 0.29) is 0 Å². The molecule has 1 fully saturated rings. The van der Waals surface area contributed by atoms with Gasteiger partial charge in [-0.15, -0.1) is 0 Å². The monoisotopic (exact) mass is 251 g/mol. The predicted octanol–water partition coefficient (Wildman–Crippen LogP) is 1.43. The van der Waals surface area contributed by atoms with Crippen LogP contribution in [0.2, 0.25) is 0 Å². The summed E-state index contributed by atoms with van der Waals surface area (Å²) in [4.78, 5) is 6.91. The van der Waals surface area contributed by atoms with Crippen molar-refractivity contribution in [1.29, 1.82) is 0 Å². The highest BCUT2D eigenvalue weighted by Crippen LogP contribution is 2.14. The van der Waals surface area contributed by atoms with Crippen molar-refractivity contribution < 1.29 is 0 Å². The van der Waals surface area contributed by atoms with Crippen LogP contribution in [-0.4, -0.2) is 44.8 Å². The molecule has 0 aromatic carbocycles. The molecule has 0 saturated carbocycles. The van der Waals surface area contributed by atoms with E-state index in [2.05, 4.69) is 48.0 Å². The summed E-state index contributed by atoms with van der Waals surface area (Å²) in [6.45, 7) is 11.9. The second-order valence-corrected chi connectivity index (χ2v) is 5.51. The van der Waals surface area contributed by atoms with Gasteiger partial charge in [0.2, 0.25) is 0 Å². The highest BCUT2D eigenvalue weighted by Gasteiger charge is 2.25. The average Bonchev–Trinajstić information content (AvgIpc) is 2.80. The molecule has 102 valence electrons. The second-order valence-electron chi connectivity index (χ2n) is 5.51. The number of nitrogens with zero attached hydrogens (tertiary/aromatic N) is 4. The normalized spacial score (nSPS) is 25.8. The van der Waals surface area contributed by atoms with E-state index in [4.69, 9.17) is 0 Å². The topological polar surface area (TPSA) is 46.0 Å². The summed E-state index contributed by atoms with van der Waals surface area (Å²) >= 11 is 0. The van der Waals surface area contributed by atoms with Crippen molar-refractivity contribution in [3.05, 3.63) is 12.2 Å². The molecule has 1 aliphatic rings. The maximum absolute atomic E-state index is 4.41. The van der Waals surface area contributed by atoms with Crippen LogP contribution in [0, 0.1) is 0 Å². The van der Waals surface area contributed by atoms with Crippen molar-refractivity contribution in [3.8, 4) is 0 Å². The largest absolute Gasteiger partial charge is 0.311 e. The Kier molecular flexibility index (Phi) is 4.35. The van der Waals surface area contributed by atoms with Crippen LogP contribution in [0.5, 0.6) is 0 Å². The Morgan fingerprint density at radius 3 is 2.94 bits per heavy atom. The molecule has 0 radical (unpaired) electrons. The van der Waals surface area contributed by atoms with Crippen LogP contribution in [0.25, 0.3) is 0 Å². The van der Waals surface area contributed by atoms with Gasteiger partial charge in [0.25, 0.3) is 0 Å². The van der Waals surface area contributed by atoms with Gasteiger partial charge in [0, 0.05) is 31.2 Å². The minimum atomic E-state index is 0.377. The number of hydrogen-bond donors (Lipinski definition) is 1. The summed E-state index contributed by atoms with van der Waals surface area (Å²) in [7, 11) is 0. The van der Waals surface area contributed by atoms with Gasteiger partial charge in [0.15, 0.2) is 0 Å². The Bertz CT molecular complexity index is 373. The third kappa shape index (κ3) is 2.90. The number of hydrogen-bond acceptors (Lipinski definition) is 4. The molecule has 0 spiro atoms. The van der Waals surface area contributed by atoms with Gasteiger partial charge >= 0.3 is 0 Å². The fourth-order valence-electron chi connectivity index (χ4n) is 2.49. The molecule has 2 unspecified atom stereocenters. The van der Waals surface area contributed by atoms with Crippen molar-refractivity contribution in [1.82, 2.24) is 25.0 Å². The number of rotatable bonds is 4. The van der Waals surface area contributed by atoms with E-state index in [0.717, 1.165) is 25.5 Å². The van der Waals surface area contributed by atoms with Crippen molar-refractivity contribution in [3.63, 3.8) is 0 Å². The van der Waals surface area contributed by atoms with Crippen molar-refractivity contribution >= 4 is 0 Å². The maximum Gasteiger partial charge on any atom is 0.141 e. The van der Waals surface area contributed by atoms with Gasteiger partial charge in [-0.1, -0.05) is 6.92 Å². The van der Waals surface area contributed by atoms with Crippen molar-refractivity contribution in [2.75, 3.05) is 13.1 Å². The summed E-state index contributed by atoms with van der Waals surface area (Å²) in [5.74, 6) is 1.08. The third-order valence-electron chi connectivity index (χ3n) is 3.75. The molecule has 5 nitrogen and oxygen atoms in total. The van der Waals surface area contributed by atoms with Crippen LogP contribution in [-0.2, 0) is 6.54 Å². The molecule has 5 heteroatoms. The first-order valence-electron chi connectivity index (χ1n) is 6.97. The van der Waals surface area contributed by atoms with Crippen LogP contribution >= 0.6 is 0 Å². The third-order valence-corrected chi connectivity index (χ3v) is 3.75. The molecule has 18 heavy (non-hydrogen) atoms. The molecule has 1 aromatic rings. The smallest absolute Gasteiger partial charge is 0.141 e. The highest BCUT2D eigenvalue weighted by molar-refractivity contribution is 4.91. The van der Waals surface area contributed by atoms with E-state index in [1.807, 2.05) is 4.68 Å². The van der Waals surface area contributed by atoms with Crippen LogP contribution < -0.4 is 5.32 Å². The molecule has 1 aromatic heterocycles. The van der Waals surface area contributed by atoms with E-state index >= 15 is 0 Å². The molecule has 2 rings (SSSR count). The highest BCUT2D eigenvalue weighted by atomic mass is 15.4. The summed E-state index contributed by atoms with van der Waals surface area (Å²) in [6, 6.07) is 1.55. The number of piperazine rings is 1. The first-order valence-corrected chi connectivity index (χ1v) is 6.97. The molecule has 0 aliphatic carbocycles. The molecule has 1 aliphatic heterocycles. The Morgan fingerprint density at radius 2 is 2.28 bits per heavy atom. The van der Waals surface area contributed by atoms with Gasteiger partial charge in [-0.3, -0.25) is 4.90 Å². The van der Waals surface area contributed by atoms with E-state index < -0.39 is 0 Å².